The lowest BCUT2D eigenvalue weighted by atomic mass is 9.77. The molecule has 2 heterocycles. The second-order valence-corrected chi connectivity index (χ2v) is 10.1. The fraction of sp³-hybridized carbons (Fsp3) is 0.448. The molecule has 0 N–H and O–H groups in total. The van der Waals surface area contributed by atoms with Crippen LogP contribution in [-0.2, 0) is 9.59 Å². The summed E-state index contributed by atoms with van der Waals surface area (Å²) in [4.78, 5) is 29.5. The van der Waals surface area contributed by atoms with Gasteiger partial charge in [0.2, 0.25) is 11.8 Å². The molecule has 0 bridgehead atoms. The number of methoxy groups -OCH3 is 2. The maximum Gasteiger partial charge on any atom is 0.246 e. The molecule has 0 aliphatic carbocycles. The molecule has 2 aliphatic heterocycles. The average Bonchev–Trinajstić information content (AvgIpc) is 3.34. The summed E-state index contributed by atoms with van der Waals surface area (Å²) < 4.78 is 16.3. The normalized spacial score (nSPS) is 16.8. The van der Waals surface area contributed by atoms with Crippen LogP contribution in [0.4, 0.5) is 0 Å². The lowest BCUT2D eigenvalue weighted by Gasteiger charge is -2.39. The van der Waals surface area contributed by atoms with Crippen molar-refractivity contribution in [3.8, 4) is 17.2 Å². The van der Waals surface area contributed by atoms with Gasteiger partial charge in [0.1, 0.15) is 5.75 Å². The van der Waals surface area contributed by atoms with Crippen LogP contribution in [-0.4, -0.2) is 68.6 Å². The van der Waals surface area contributed by atoms with Crippen molar-refractivity contribution in [2.45, 2.75) is 32.1 Å². The van der Waals surface area contributed by atoms with Crippen molar-refractivity contribution in [3.63, 3.8) is 0 Å². The van der Waals surface area contributed by atoms with Gasteiger partial charge < -0.3 is 24.0 Å². The summed E-state index contributed by atoms with van der Waals surface area (Å²) in [5.41, 5.74) is 0.792. The van der Waals surface area contributed by atoms with E-state index in [1.165, 1.54) is 7.11 Å². The first-order chi connectivity index (χ1) is 17.9. The molecule has 198 valence electrons. The summed E-state index contributed by atoms with van der Waals surface area (Å²) in [7, 11) is 3.09. The molecule has 0 aromatic heterocycles. The van der Waals surface area contributed by atoms with Crippen molar-refractivity contribution in [2.24, 2.45) is 5.41 Å². The van der Waals surface area contributed by atoms with Crippen molar-refractivity contribution >= 4 is 29.5 Å². The van der Waals surface area contributed by atoms with Crippen molar-refractivity contribution in [1.29, 1.82) is 0 Å². The van der Waals surface area contributed by atoms with Crippen molar-refractivity contribution < 1.29 is 23.8 Å². The fourth-order valence-corrected chi connectivity index (χ4v) is 5.45. The zero-order chi connectivity index (χ0) is 26.3. The van der Waals surface area contributed by atoms with Gasteiger partial charge in [-0.05, 0) is 67.0 Å². The topological polar surface area (TPSA) is 68.3 Å². The quantitative estimate of drug-likeness (QED) is 0.337. The van der Waals surface area contributed by atoms with Crippen LogP contribution in [0.5, 0.6) is 17.2 Å². The van der Waals surface area contributed by atoms with E-state index in [9.17, 15) is 9.59 Å². The Bertz CT molecular complexity index is 1110. The number of amides is 2. The lowest BCUT2D eigenvalue weighted by molar-refractivity contribution is -0.134. The standard InChI is InChI=1S/C29H35ClN2O5/c1-35-24-12-10-22(27(30)28(24)36-2)11-13-26(34)32-19-16-29(21-32)14-17-31(18-15-29)25(33)9-6-20-37-23-7-4-3-5-8-23/h3-5,7-8,10-13H,6,9,14-21H2,1-2H3. The third kappa shape index (κ3) is 6.58. The summed E-state index contributed by atoms with van der Waals surface area (Å²) in [6.07, 6.45) is 7.31. The van der Waals surface area contributed by atoms with Gasteiger partial charge in [-0.2, -0.15) is 0 Å². The molecule has 37 heavy (non-hydrogen) atoms. The summed E-state index contributed by atoms with van der Waals surface area (Å²) in [5, 5.41) is 0.410. The molecular formula is C29H35ClN2O5. The lowest BCUT2D eigenvalue weighted by Crippen LogP contribution is -2.44. The van der Waals surface area contributed by atoms with Crippen LogP contribution in [0.3, 0.4) is 0 Å². The Morgan fingerprint density at radius 1 is 0.973 bits per heavy atom. The molecule has 7 nitrogen and oxygen atoms in total. The maximum absolute atomic E-state index is 12.9. The monoisotopic (exact) mass is 526 g/mol. The smallest absolute Gasteiger partial charge is 0.246 e. The molecule has 8 heteroatoms. The van der Waals surface area contributed by atoms with E-state index in [1.807, 2.05) is 40.1 Å². The molecule has 0 unspecified atom stereocenters. The molecule has 2 fully saturated rings. The van der Waals surface area contributed by atoms with Crippen molar-refractivity contribution in [3.05, 3.63) is 59.1 Å². The number of para-hydroxylation sites is 1. The van der Waals surface area contributed by atoms with Gasteiger partial charge in [0, 0.05) is 38.7 Å². The van der Waals surface area contributed by atoms with E-state index >= 15 is 0 Å². The number of hydrogen-bond donors (Lipinski definition) is 0. The number of piperidine rings is 1. The molecule has 0 saturated carbocycles. The van der Waals surface area contributed by atoms with Crippen LogP contribution in [0.1, 0.15) is 37.7 Å². The number of carbonyl (C=O) groups is 2. The van der Waals surface area contributed by atoms with E-state index in [-0.39, 0.29) is 17.2 Å². The van der Waals surface area contributed by atoms with Gasteiger partial charge in [0.25, 0.3) is 0 Å². The number of ether oxygens (including phenoxy) is 3. The van der Waals surface area contributed by atoms with E-state index in [4.69, 9.17) is 25.8 Å². The van der Waals surface area contributed by atoms with Crippen LogP contribution < -0.4 is 14.2 Å². The zero-order valence-corrected chi connectivity index (χ0v) is 22.3. The molecule has 0 atom stereocenters. The van der Waals surface area contributed by atoms with E-state index < -0.39 is 0 Å². The second kappa shape index (κ2) is 12.4. The van der Waals surface area contributed by atoms with Crippen LogP contribution in [0.15, 0.2) is 48.5 Å². The Hall–Kier alpha value is -3.19. The minimum atomic E-state index is -0.0281. The summed E-state index contributed by atoms with van der Waals surface area (Å²) >= 11 is 6.44. The van der Waals surface area contributed by atoms with E-state index in [2.05, 4.69) is 0 Å². The molecule has 2 aliphatic rings. The minimum Gasteiger partial charge on any atom is -0.494 e. The highest BCUT2D eigenvalue weighted by Gasteiger charge is 2.42. The molecule has 1 spiro atoms. The summed E-state index contributed by atoms with van der Waals surface area (Å²) in [6.45, 7) is 3.48. The van der Waals surface area contributed by atoms with Crippen LogP contribution in [0.25, 0.3) is 6.08 Å². The third-order valence-electron chi connectivity index (χ3n) is 7.39. The van der Waals surface area contributed by atoms with Crippen LogP contribution in [0, 0.1) is 5.41 Å². The summed E-state index contributed by atoms with van der Waals surface area (Å²) in [6, 6.07) is 13.2. The Balaban J connectivity index is 1.23. The Labute approximate surface area is 223 Å². The fourth-order valence-electron chi connectivity index (χ4n) is 5.15. The zero-order valence-electron chi connectivity index (χ0n) is 21.6. The number of benzene rings is 2. The van der Waals surface area contributed by atoms with Gasteiger partial charge in [-0.1, -0.05) is 29.8 Å². The first-order valence-corrected chi connectivity index (χ1v) is 13.2. The third-order valence-corrected chi connectivity index (χ3v) is 7.78. The first-order valence-electron chi connectivity index (χ1n) is 12.8. The molecule has 0 radical (unpaired) electrons. The van der Waals surface area contributed by atoms with Crippen molar-refractivity contribution in [1.82, 2.24) is 9.80 Å². The molecule has 2 aromatic carbocycles. The van der Waals surface area contributed by atoms with Crippen LogP contribution in [0.2, 0.25) is 5.02 Å². The number of rotatable bonds is 9. The first kappa shape index (κ1) is 26.9. The molecule has 4 rings (SSSR count). The summed E-state index contributed by atoms with van der Waals surface area (Å²) in [5.74, 6) is 1.98. The molecule has 2 aromatic rings. The van der Waals surface area contributed by atoms with E-state index in [0.29, 0.717) is 41.5 Å². The highest BCUT2D eigenvalue weighted by molar-refractivity contribution is 6.33. The maximum atomic E-state index is 12.9. The van der Waals surface area contributed by atoms with Gasteiger partial charge >= 0.3 is 0 Å². The Morgan fingerprint density at radius 2 is 1.68 bits per heavy atom. The predicted molar refractivity (Wildman–Crippen MR) is 144 cm³/mol. The highest BCUT2D eigenvalue weighted by Crippen LogP contribution is 2.41. The number of likely N-dealkylation sites (tertiary alicyclic amines) is 2. The van der Waals surface area contributed by atoms with Crippen LogP contribution >= 0.6 is 11.6 Å². The largest absolute Gasteiger partial charge is 0.494 e. The van der Waals surface area contributed by atoms with Crippen molar-refractivity contribution in [2.75, 3.05) is 47.0 Å². The van der Waals surface area contributed by atoms with Gasteiger partial charge in [0.05, 0.1) is 25.8 Å². The average molecular weight is 527 g/mol. The number of hydrogen-bond acceptors (Lipinski definition) is 5. The second-order valence-electron chi connectivity index (χ2n) is 9.69. The molecular weight excluding hydrogens is 492 g/mol. The highest BCUT2D eigenvalue weighted by atomic mass is 35.5. The molecule has 2 amide bonds. The van der Waals surface area contributed by atoms with Gasteiger partial charge in [0.15, 0.2) is 11.5 Å². The SMILES string of the molecule is COc1ccc(C=CC(=O)N2CCC3(CCN(C(=O)CCCOc4ccccc4)CC3)C2)c(Cl)c1OC. The molecule has 2 saturated heterocycles. The Kier molecular flexibility index (Phi) is 8.98. The number of halogens is 1. The van der Waals surface area contributed by atoms with Gasteiger partial charge in [-0.15, -0.1) is 0 Å². The Morgan fingerprint density at radius 3 is 2.35 bits per heavy atom. The predicted octanol–water partition coefficient (Wildman–Crippen LogP) is 5.07. The van der Waals surface area contributed by atoms with Gasteiger partial charge in [-0.25, -0.2) is 0 Å². The minimum absolute atomic E-state index is 0.0281. The number of nitrogens with zero attached hydrogens (tertiary/aromatic N) is 2. The van der Waals surface area contributed by atoms with E-state index in [0.717, 1.165) is 51.2 Å². The van der Waals surface area contributed by atoms with Gasteiger partial charge in [-0.3, -0.25) is 9.59 Å². The van der Waals surface area contributed by atoms with E-state index in [1.54, 1.807) is 31.4 Å². The number of carbonyl (C=O) groups excluding carboxylic acids is 2.